The monoisotopic (exact) mass is 312 g/mol. The Morgan fingerprint density at radius 2 is 1.74 bits per heavy atom. The fourth-order valence-electron chi connectivity index (χ4n) is 4.59. The lowest BCUT2D eigenvalue weighted by molar-refractivity contribution is 0.0708. The molecule has 0 N–H and O–H groups in total. The van der Waals surface area contributed by atoms with Crippen LogP contribution in [0.3, 0.4) is 0 Å². The quantitative estimate of drug-likeness (QED) is 0.855. The van der Waals surface area contributed by atoms with Crippen LogP contribution in [0.2, 0.25) is 0 Å². The first-order valence-electron chi connectivity index (χ1n) is 9.46. The van der Waals surface area contributed by atoms with Crippen molar-refractivity contribution in [1.29, 1.82) is 0 Å². The van der Waals surface area contributed by atoms with Crippen LogP contribution in [0, 0.1) is 0 Å². The summed E-state index contributed by atoms with van der Waals surface area (Å²) in [4.78, 5) is 17.7. The Morgan fingerprint density at radius 1 is 0.957 bits per heavy atom. The van der Waals surface area contributed by atoms with Gasteiger partial charge in [0.15, 0.2) is 0 Å². The summed E-state index contributed by atoms with van der Waals surface area (Å²) in [5, 5.41) is 0. The number of fused-ring (bicyclic) bond motifs is 1. The number of carbonyl (C=O) groups is 1. The molecule has 0 aromatic heterocycles. The van der Waals surface area contributed by atoms with Gasteiger partial charge in [0.25, 0.3) is 5.91 Å². The van der Waals surface area contributed by atoms with Crippen LogP contribution in [-0.4, -0.2) is 47.9 Å². The van der Waals surface area contributed by atoms with Crippen molar-refractivity contribution in [3.05, 3.63) is 34.9 Å². The van der Waals surface area contributed by atoms with E-state index in [1.54, 1.807) is 0 Å². The first-order valence-corrected chi connectivity index (χ1v) is 9.46. The predicted octanol–water partition coefficient (Wildman–Crippen LogP) is 3.27. The van der Waals surface area contributed by atoms with Gasteiger partial charge in [-0.15, -0.1) is 0 Å². The van der Waals surface area contributed by atoms with Crippen molar-refractivity contribution < 1.29 is 4.79 Å². The van der Waals surface area contributed by atoms with E-state index in [0.717, 1.165) is 31.5 Å². The van der Waals surface area contributed by atoms with E-state index >= 15 is 0 Å². The second kappa shape index (κ2) is 6.64. The maximum absolute atomic E-state index is 13.0. The number of hydrogen-bond donors (Lipinski definition) is 0. The summed E-state index contributed by atoms with van der Waals surface area (Å²) in [5.41, 5.74) is 3.79. The molecule has 1 aliphatic carbocycles. The molecule has 0 unspecified atom stereocenters. The first-order chi connectivity index (χ1) is 11.3. The largest absolute Gasteiger partial charge is 0.334 e. The molecule has 1 amide bonds. The number of amides is 1. The Balaban J connectivity index is 1.48. The van der Waals surface area contributed by atoms with E-state index in [0.29, 0.717) is 6.04 Å². The van der Waals surface area contributed by atoms with Gasteiger partial charge in [-0.1, -0.05) is 6.07 Å². The highest BCUT2D eigenvalue weighted by atomic mass is 16.2. The van der Waals surface area contributed by atoms with Gasteiger partial charge in [-0.3, -0.25) is 4.79 Å². The SMILES string of the molecule is O=C(c1ccc2c(c1)CCCC2)N1CCC[C@@H]1CN1CCCC1. The molecule has 2 heterocycles. The van der Waals surface area contributed by atoms with Crippen LogP contribution in [0.1, 0.15) is 60.0 Å². The summed E-state index contributed by atoms with van der Waals surface area (Å²) in [6, 6.07) is 6.88. The Labute approximate surface area is 139 Å². The van der Waals surface area contributed by atoms with Gasteiger partial charge < -0.3 is 9.80 Å². The molecule has 3 nitrogen and oxygen atoms in total. The van der Waals surface area contributed by atoms with E-state index in [-0.39, 0.29) is 5.91 Å². The number of benzene rings is 1. The zero-order valence-electron chi connectivity index (χ0n) is 14.1. The minimum Gasteiger partial charge on any atom is -0.334 e. The summed E-state index contributed by atoms with van der Waals surface area (Å²) >= 11 is 0. The topological polar surface area (TPSA) is 23.6 Å². The predicted molar refractivity (Wildman–Crippen MR) is 92.8 cm³/mol. The third kappa shape index (κ3) is 3.16. The lowest BCUT2D eigenvalue weighted by atomic mass is 9.90. The summed E-state index contributed by atoms with van der Waals surface area (Å²) < 4.78 is 0. The summed E-state index contributed by atoms with van der Waals surface area (Å²) in [7, 11) is 0. The van der Waals surface area contributed by atoms with Crippen LogP contribution in [-0.2, 0) is 12.8 Å². The zero-order valence-corrected chi connectivity index (χ0v) is 14.1. The average molecular weight is 312 g/mol. The Kier molecular flexibility index (Phi) is 4.39. The molecule has 1 atom stereocenters. The van der Waals surface area contributed by atoms with Crippen molar-refractivity contribution in [3.63, 3.8) is 0 Å². The van der Waals surface area contributed by atoms with Gasteiger partial charge in [0.05, 0.1) is 0 Å². The van der Waals surface area contributed by atoms with Gasteiger partial charge in [0, 0.05) is 24.7 Å². The highest BCUT2D eigenvalue weighted by Crippen LogP contribution is 2.26. The molecule has 2 fully saturated rings. The van der Waals surface area contributed by atoms with Gasteiger partial charge >= 0.3 is 0 Å². The van der Waals surface area contributed by atoms with E-state index in [1.165, 1.54) is 62.7 Å². The van der Waals surface area contributed by atoms with Crippen molar-refractivity contribution in [3.8, 4) is 0 Å². The summed E-state index contributed by atoms with van der Waals surface area (Å²) in [6.07, 6.45) is 9.88. The lowest BCUT2D eigenvalue weighted by Crippen LogP contribution is -2.42. The van der Waals surface area contributed by atoms with Gasteiger partial charge in [-0.25, -0.2) is 0 Å². The van der Waals surface area contributed by atoms with Crippen molar-refractivity contribution in [2.24, 2.45) is 0 Å². The smallest absolute Gasteiger partial charge is 0.254 e. The number of rotatable bonds is 3. The standard InChI is InChI=1S/C20H28N2O/c23-20(18-10-9-16-6-1-2-7-17(16)14-18)22-13-5-8-19(22)15-21-11-3-4-12-21/h9-10,14,19H,1-8,11-13,15H2/t19-/m1/s1. The third-order valence-electron chi connectivity index (χ3n) is 5.90. The normalized spacial score (nSPS) is 24.9. The van der Waals surface area contributed by atoms with Crippen molar-refractivity contribution >= 4 is 5.91 Å². The summed E-state index contributed by atoms with van der Waals surface area (Å²) in [5.74, 6) is 0.264. The van der Waals surface area contributed by atoms with E-state index < -0.39 is 0 Å². The van der Waals surface area contributed by atoms with E-state index in [9.17, 15) is 4.79 Å². The molecule has 3 heteroatoms. The molecule has 2 aliphatic heterocycles. The molecule has 1 aromatic rings. The molecule has 4 rings (SSSR count). The highest BCUT2D eigenvalue weighted by Gasteiger charge is 2.31. The molecule has 0 saturated carbocycles. The molecular formula is C20H28N2O. The van der Waals surface area contributed by atoms with Crippen LogP contribution in [0.4, 0.5) is 0 Å². The van der Waals surface area contributed by atoms with Crippen LogP contribution < -0.4 is 0 Å². The van der Waals surface area contributed by atoms with Crippen molar-refractivity contribution in [2.75, 3.05) is 26.2 Å². The molecule has 0 bridgehead atoms. The fraction of sp³-hybridized carbons (Fsp3) is 0.650. The number of carbonyl (C=O) groups excluding carboxylic acids is 1. The van der Waals surface area contributed by atoms with Gasteiger partial charge in [-0.05, 0) is 87.7 Å². The second-order valence-corrected chi connectivity index (χ2v) is 7.49. The number of hydrogen-bond acceptors (Lipinski definition) is 2. The molecule has 0 radical (unpaired) electrons. The van der Waals surface area contributed by atoms with E-state index in [1.807, 2.05) is 0 Å². The summed E-state index contributed by atoms with van der Waals surface area (Å²) in [6.45, 7) is 4.46. The molecule has 23 heavy (non-hydrogen) atoms. The maximum Gasteiger partial charge on any atom is 0.254 e. The van der Waals surface area contributed by atoms with Gasteiger partial charge in [0.2, 0.25) is 0 Å². The van der Waals surface area contributed by atoms with Crippen LogP contribution in [0.15, 0.2) is 18.2 Å². The maximum atomic E-state index is 13.0. The molecule has 3 aliphatic rings. The number of likely N-dealkylation sites (tertiary alicyclic amines) is 2. The van der Waals surface area contributed by atoms with Gasteiger partial charge in [0.1, 0.15) is 0 Å². The van der Waals surface area contributed by atoms with Gasteiger partial charge in [-0.2, -0.15) is 0 Å². The minimum absolute atomic E-state index is 0.264. The number of nitrogens with zero attached hydrogens (tertiary/aromatic N) is 2. The average Bonchev–Trinajstić information content (AvgIpc) is 3.26. The third-order valence-corrected chi connectivity index (χ3v) is 5.90. The molecule has 0 spiro atoms. The van der Waals surface area contributed by atoms with Crippen molar-refractivity contribution in [2.45, 2.75) is 57.4 Å². The molecule has 1 aromatic carbocycles. The lowest BCUT2D eigenvalue weighted by Gasteiger charge is -2.29. The second-order valence-electron chi connectivity index (χ2n) is 7.49. The number of aryl methyl sites for hydroxylation is 2. The Bertz CT molecular complexity index is 577. The van der Waals surface area contributed by atoms with Crippen LogP contribution in [0.5, 0.6) is 0 Å². The molecule has 2 saturated heterocycles. The fourth-order valence-corrected chi connectivity index (χ4v) is 4.59. The Morgan fingerprint density at radius 3 is 2.57 bits per heavy atom. The molecule has 124 valence electrons. The van der Waals surface area contributed by atoms with E-state index in [4.69, 9.17) is 0 Å². The van der Waals surface area contributed by atoms with Crippen LogP contribution in [0.25, 0.3) is 0 Å². The minimum atomic E-state index is 0.264. The van der Waals surface area contributed by atoms with Crippen molar-refractivity contribution in [1.82, 2.24) is 9.80 Å². The zero-order chi connectivity index (χ0) is 15.6. The Hall–Kier alpha value is -1.35. The highest BCUT2D eigenvalue weighted by molar-refractivity contribution is 5.95. The van der Waals surface area contributed by atoms with Crippen LogP contribution >= 0.6 is 0 Å². The van der Waals surface area contributed by atoms with E-state index in [2.05, 4.69) is 28.0 Å². The molecular weight excluding hydrogens is 284 g/mol. The first kappa shape index (κ1) is 15.2.